The van der Waals surface area contributed by atoms with E-state index in [-0.39, 0.29) is 17.7 Å². The maximum absolute atomic E-state index is 12.5. The van der Waals surface area contributed by atoms with E-state index in [0.717, 1.165) is 18.4 Å². The highest BCUT2D eigenvalue weighted by Gasteiger charge is 2.27. The zero-order chi connectivity index (χ0) is 19.9. The Balaban J connectivity index is 1.42. The summed E-state index contributed by atoms with van der Waals surface area (Å²) in [5, 5.41) is 2.89. The van der Waals surface area contributed by atoms with Crippen molar-refractivity contribution in [2.45, 2.75) is 46.0 Å². The van der Waals surface area contributed by atoms with Gasteiger partial charge in [-0.15, -0.1) is 0 Å². The summed E-state index contributed by atoms with van der Waals surface area (Å²) in [6.45, 7) is 5.39. The maximum atomic E-state index is 12.5. The van der Waals surface area contributed by atoms with Gasteiger partial charge in [-0.2, -0.15) is 0 Å². The number of hydrogen-bond donors (Lipinski definition) is 1. The molecule has 5 nitrogen and oxygen atoms in total. The molecule has 1 aromatic heterocycles. The normalized spacial score (nSPS) is 14.7. The Morgan fingerprint density at radius 3 is 2.36 bits per heavy atom. The molecule has 1 saturated heterocycles. The first kappa shape index (κ1) is 20.1. The van der Waals surface area contributed by atoms with Crippen molar-refractivity contribution in [1.29, 1.82) is 0 Å². The molecule has 3 rings (SSSR count). The van der Waals surface area contributed by atoms with Gasteiger partial charge in [0.05, 0.1) is 0 Å². The van der Waals surface area contributed by atoms with Gasteiger partial charge in [0.1, 0.15) is 5.82 Å². The fourth-order valence-corrected chi connectivity index (χ4v) is 3.51. The molecule has 2 amide bonds. The second kappa shape index (κ2) is 9.49. The van der Waals surface area contributed by atoms with E-state index in [4.69, 9.17) is 0 Å². The summed E-state index contributed by atoms with van der Waals surface area (Å²) in [6.07, 6.45) is 5.47. The third-order valence-electron chi connectivity index (χ3n) is 5.44. The molecule has 28 heavy (non-hydrogen) atoms. The van der Waals surface area contributed by atoms with Gasteiger partial charge in [0.15, 0.2) is 0 Å². The first-order valence-corrected chi connectivity index (χ1v) is 10.1. The van der Waals surface area contributed by atoms with Crippen molar-refractivity contribution in [1.82, 2.24) is 9.88 Å². The zero-order valence-corrected chi connectivity index (χ0v) is 16.8. The summed E-state index contributed by atoms with van der Waals surface area (Å²) in [4.78, 5) is 31.1. The molecule has 2 heterocycles. The van der Waals surface area contributed by atoms with Crippen LogP contribution in [0.15, 0.2) is 42.6 Å². The molecule has 0 atom stereocenters. The number of carbonyl (C=O) groups is 2. The van der Waals surface area contributed by atoms with Crippen molar-refractivity contribution in [3.63, 3.8) is 0 Å². The molecule has 1 aliphatic heterocycles. The van der Waals surface area contributed by atoms with Crippen LogP contribution in [0.4, 0.5) is 5.82 Å². The van der Waals surface area contributed by atoms with Crippen LogP contribution in [0.1, 0.15) is 42.9 Å². The number of rotatable bonds is 6. The van der Waals surface area contributed by atoms with E-state index in [0.29, 0.717) is 38.2 Å². The van der Waals surface area contributed by atoms with E-state index in [1.165, 1.54) is 11.1 Å². The Morgan fingerprint density at radius 2 is 1.75 bits per heavy atom. The molecule has 2 aromatic rings. The van der Waals surface area contributed by atoms with Gasteiger partial charge >= 0.3 is 0 Å². The second-order valence-electron chi connectivity index (χ2n) is 7.54. The van der Waals surface area contributed by atoms with Crippen molar-refractivity contribution in [3.8, 4) is 0 Å². The molecule has 1 aromatic carbocycles. The number of carbonyl (C=O) groups excluding carboxylic acids is 2. The van der Waals surface area contributed by atoms with Crippen LogP contribution in [-0.4, -0.2) is 34.8 Å². The predicted molar refractivity (Wildman–Crippen MR) is 111 cm³/mol. The molecule has 5 heteroatoms. The average molecular weight is 380 g/mol. The predicted octanol–water partition coefficient (Wildman–Crippen LogP) is 3.76. The minimum Gasteiger partial charge on any atom is -0.343 e. The molecule has 1 fully saturated rings. The lowest BCUT2D eigenvalue weighted by Gasteiger charge is -2.31. The van der Waals surface area contributed by atoms with E-state index < -0.39 is 0 Å². The largest absolute Gasteiger partial charge is 0.343 e. The maximum Gasteiger partial charge on any atom is 0.228 e. The number of nitrogens with zero attached hydrogens (tertiary/aromatic N) is 2. The molecule has 0 aliphatic carbocycles. The highest BCUT2D eigenvalue weighted by Crippen LogP contribution is 2.20. The van der Waals surface area contributed by atoms with Crippen LogP contribution in [0.3, 0.4) is 0 Å². The van der Waals surface area contributed by atoms with Gasteiger partial charge in [-0.1, -0.05) is 37.3 Å². The Labute approximate surface area is 167 Å². The monoisotopic (exact) mass is 379 g/mol. The van der Waals surface area contributed by atoms with Crippen LogP contribution < -0.4 is 5.32 Å². The molecule has 0 radical (unpaired) electrons. The molecule has 1 aliphatic rings. The van der Waals surface area contributed by atoms with Crippen molar-refractivity contribution < 1.29 is 9.59 Å². The van der Waals surface area contributed by atoms with Crippen molar-refractivity contribution in [2.24, 2.45) is 5.92 Å². The number of pyridine rings is 1. The van der Waals surface area contributed by atoms with E-state index in [2.05, 4.69) is 41.5 Å². The summed E-state index contributed by atoms with van der Waals surface area (Å²) >= 11 is 0. The number of likely N-dealkylation sites (tertiary alicyclic amines) is 1. The molecule has 148 valence electrons. The van der Waals surface area contributed by atoms with E-state index >= 15 is 0 Å². The van der Waals surface area contributed by atoms with E-state index in [1.807, 2.05) is 24.0 Å². The van der Waals surface area contributed by atoms with Gasteiger partial charge in [-0.25, -0.2) is 4.98 Å². The van der Waals surface area contributed by atoms with Crippen LogP contribution >= 0.6 is 0 Å². The molecular weight excluding hydrogens is 350 g/mol. The highest BCUT2D eigenvalue weighted by molar-refractivity contribution is 5.91. The SMILES string of the molecule is CCc1ccc(CCC(=O)N2CCC(C(=O)Nc3ccc(C)cn3)CC2)cc1. The van der Waals surface area contributed by atoms with Gasteiger partial charge in [-0.05, 0) is 55.4 Å². The first-order chi connectivity index (χ1) is 13.5. The summed E-state index contributed by atoms with van der Waals surface area (Å²) < 4.78 is 0. The summed E-state index contributed by atoms with van der Waals surface area (Å²) in [7, 11) is 0. The van der Waals surface area contributed by atoms with Gasteiger partial charge in [0.2, 0.25) is 11.8 Å². The van der Waals surface area contributed by atoms with Crippen molar-refractivity contribution in [3.05, 3.63) is 59.3 Å². The van der Waals surface area contributed by atoms with Crippen molar-refractivity contribution in [2.75, 3.05) is 18.4 Å². The van der Waals surface area contributed by atoms with Crippen LogP contribution in [0.25, 0.3) is 0 Å². The van der Waals surface area contributed by atoms with Crippen LogP contribution in [0, 0.1) is 12.8 Å². The Bertz CT molecular complexity index is 792. The number of hydrogen-bond acceptors (Lipinski definition) is 3. The fourth-order valence-electron chi connectivity index (χ4n) is 3.51. The standard InChI is InChI=1S/C23H29N3O2/c1-3-18-5-7-19(8-6-18)9-11-22(27)26-14-12-20(13-15-26)23(28)25-21-10-4-17(2)16-24-21/h4-8,10,16,20H,3,9,11-15H2,1-2H3,(H,24,25,28). The van der Waals surface area contributed by atoms with Crippen LogP contribution in [-0.2, 0) is 22.4 Å². The van der Waals surface area contributed by atoms with E-state index in [1.54, 1.807) is 6.20 Å². The number of aromatic nitrogens is 1. The van der Waals surface area contributed by atoms with E-state index in [9.17, 15) is 9.59 Å². The third kappa shape index (κ3) is 5.41. The lowest BCUT2D eigenvalue weighted by atomic mass is 9.95. The van der Waals surface area contributed by atoms with Gasteiger partial charge in [0.25, 0.3) is 0 Å². The lowest BCUT2D eigenvalue weighted by molar-refractivity contribution is -0.134. The quantitative estimate of drug-likeness (QED) is 0.831. The summed E-state index contributed by atoms with van der Waals surface area (Å²) in [5.74, 6) is 0.704. The molecule has 0 spiro atoms. The molecule has 0 saturated carbocycles. The number of amides is 2. The Hall–Kier alpha value is -2.69. The number of piperidine rings is 1. The molecule has 0 unspecified atom stereocenters. The van der Waals surface area contributed by atoms with Crippen LogP contribution in [0.2, 0.25) is 0 Å². The minimum absolute atomic E-state index is 0.000494. The highest BCUT2D eigenvalue weighted by atomic mass is 16.2. The smallest absolute Gasteiger partial charge is 0.228 e. The van der Waals surface area contributed by atoms with Gasteiger partial charge < -0.3 is 10.2 Å². The Kier molecular flexibility index (Phi) is 6.80. The average Bonchev–Trinajstić information content (AvgIpc) is 2.74. The summed E-state index contributed by atoms with van der Waals surface area (Å²) in [5.41, 5.74) is 3.58. The fraction of sp³-hybridized carbons (Fsp3) is 0.435. The second-order valence-corrected chi connectivity index (χ2v) is 7.54. The number of nitrogens with one attached hydrogen (secondary N) is 1. The van der Waals surface area contributed by atoms with Crippen molar-refractivity contribution >= 4 is 17.6 Å². The molecule has 1 N–H and O–H groups in total. The topological polar surface area (TPSA) is 62.3 Å². The first-order valence-electron chi connectivity index (χ1n) is 10.1. The number of anilines is 1. The van der Waals surface area contributed by atoms with Crippen LogP contribution in [0.5, 0.6) is 0 Å². The van der Waals surface area contributed by atoms with Gasteiger partial charge in [0, 0.05) is 31.6 Å². The minimum atomic E-state index is -0.0614. The number of benzene rings is 1. The molecule has 0 bridgehead atoms. The third-order valence-corrected chi connectivity index (χ3v) is 5.44. The zero-order valence-electron chi connectivity index (χ0n) is 16.8. The molecular formula is C23H29N3O2. The number of aryl methyl sites for hydroxylation is 3. The summed E-state index contributed by atoms with van der Waals surface area (Å²) in [6, 6.07) is 12.2. The Morgan fingerprint density at radius 1 is 1.07 bits per heavy atom. The lowest BCUT2D eigenvalue weighted by Crippen LogP contribution is -2.41. The van der Waals surface area contributed by atoms with Gasteiger partial charge in [-0.3, -0.25) is 9.59 Å².